The number of rotatable bonds is 11. The lowest BCUT2D eigenvalue weighted by Crippen LogP contribution is -2.30. The van der Waals surface area contributed by atoms with Crippen LogP contribution >= 0.6 is 0 Å². The normalized spacial score (nSPS) is 11.1. The first-order valence-corrected chi connectivity index (χ1v) is 11.4. The maximum absolute atomic E-state index is 13.9. The van der Waals surface area contributed by atoms with Crippen LogP contribution in [0.5, 0.6) is 5.75 Å². The highest BCUT2D eigenvalue weighted by Gasteiger charge is 2.19. The zero-order valence-electron chi connectivity index (χ0n) is 16.7. The molecule has 0 bridgehead atoms. The average Bonchev–Trinajstić information content (AvgIpc) is 2.69. The summed E-state index contributed by atoms with van der Waals surface area (Å²) in [6.45, 7) is 2.48. The molecule has 0 aliphatic rings. The highest BCUT2D eigenvalue weighted by molar-refractivity contribution is 7.92. The second-order valence-electron chi connectivity index (χ2n) is 6.70. The highest BCUT2D eigenvalue weighted by Crippen LogP contribution is 2.24. The minimum Gasteiger partial charge on any atom is -0.484 e. The first-order chi connectivity index (χ1) is 13.8. The molecule has 0 radical (unpaired) electrons. The topological polar surface area (TPSA) is 75.7 Å². The van der Waals surface area contributed by atoms with Crippen molar-refractivity contribution in [2.24, 2.45) is 0 Å². The maximum atomic E-state index is 13.9. The summed E-state index contributed by atoms with van der Waals surface area (Å²) in [4.78, 5) is 11.8. The zero-order valence-corrected chi connectivity index (χ0v) is 17.5. The lowest BCUT2D eigenvalue weighted by Gasteiger charge is -2.23. The first-order valence-electron chi connectivity index (χ1n) is 9.52. The third-order valence-corrected chi connectivity index (χ3v) is 5.41. The van der Waals surface area contributed by atoms with Gasteiger partial charge in [0.1, 0.15) is 11.6 Å². The quantitative estimate of drug-likeness (QED) is 0.563. The van der Waals surface area contributed by atoms with E-state index in [2.05, 4.69) is 12.2 Å². The Kier molecular flexibility index (Phi) is 8.45. The number of nitrogens with one attached hydrogen (secondary N) is 1. The number of unbranched alkanes of at least 4 members (excludes halogenated alkanes) is 2. The number of carbonyl (C=O) groups is 1. The van der Waals surface area contributed by atoms with E-state index >= 15 is 0 Å². The van der Waals surface area contributed by atoms with E-state index in [1.54, 1.807) is 42.5 Å². The number of nitrogens with zero attached hydrogens (tertiary/aromatic N) is 1. The predicted octanol–water partition coefficient (Wildman–Crippen LogP) is 3.48. The molecular weight excluding hydrogens is 395 g/mol. The van der Waals surface area contributed by atoms with E-state index in [1.807, 2.05) is 0 Å². The molecular formula is C21H27FN2O4S. The second kappa shape index (κ2) is 10.8. The third kappa shape index (κ3) is 7.38. The molecule has 158 valence electrons. The number of anilines is 1. The van der Waals surface area contributed by atoms with Gasteiger partial charge in [-0.2, -0.15) is 0 Å². The third-order valence-electron chi connectivity index (χ3n) is 4.27. The SMILES string of the molecule is CCCCCNC(=O)COc1ccc(N(Cc2ccccc2F)S(C)(=O)=O)cc1. The standard InChI is InChI=1S/C21H27FN2O4S/c1-3-4-7-14-23-21(25)16-28-19-12-10-18(11-13-19)24(29(2,26)27)15-17-8-5-6-9-20(17)22/h5-6,8-13H,3-4,7,14-16H2,1-2H3,(H,23,25). The summed E-state index contributed by atoms with van der Waals surface area (Å²) in [6.07, 6.45) is 4.15. The van der Waals surface area contributed by atoms with E-state index in [9.17, 15) is 17.6 Å². The molecule has 8 heteroatoms. The summed E-state index contributed by atoms with van der Waals surface area (Å²) in [5, 5.41) is 2.78. The smallest absolute Gasteiger partial charge is 0.257 e. The molecule has 1 N–H and O–H groups in total. The zero-order chi connectivity index (χ0) is 21.3. The summed E-state index contributed by atoms with van der Waals surface area (Å²) in [6, 6.07) is 12.3. The van der Waals surface area contributed by atoms with Gasteiger partial charge >= 0.3 is 0 Å². The van der Waals surface area contributed by atoms with Crippen molar-refractivity contribution in [3.05, 3.63) is 59.9 Å². The number of hydrogen-bond acceptors (Lipinski definition) is 4. The number of halogens is 1. The van der Waals surface area contributed by atoms with Crippen molar-refractivity contribution in [3.8, 4) is 5.75 Å². The first kappa shape index (κ1) is 22.7. The molecule has 2 rings (SSSR count). The summed E-state index contributed by atoms with van der Waals surface area (Å²) in [7, 11) is -3.62. The average molecular weight is 423 g/mol. The predicted molar refractivity (Wildman–Crippen MR) is 112 cm³/mol. The van der Waals surface area contributed by atoms with Crippen LogP contribution in [0.25, 0.3) is 0 Å². The highest BCUT2D eigenvalue weighted by atomic mass is 32.2. The maximum Gasteiger partial charge on any atom is 0.257 e. The van der Waals surface area contributed by atoms with Crippen molar-refractivity contribution in [2.75, 3.05) is 23.7 Å². The van der Waals surface area contributed by atoms with E-state index in [-0.39, 0.29) is 24.6 Å². The Balaban J connectivity index is 2.00. The van der Waals surface area contributed by atoms with Crippen LogP contribution in [0, 0.1) is 5.82 Å². The van der Waals surface area contributed by atoms with Gasteiger partial charge in [0.2, 0.25) is 10.0 Å². The Morgan fingerprint density at radius 1 is 1.10 bits per heavy atom. The summed E-state index contributed by atoms with van der Waals surface area (Å²) in [5.74, 6) is -0.231. The van der Waals surface area contributed by atoms with Crippen LogP contribution < -0.4 is 14.4 Å². The van der Waals surface area contributed by atoms with E-state index in [0.717, 1.165) is 29.8 Å². The molecule has 0 saturated carbocycles. The summed E-state index contributed by atoms with van der Waals surface area (Å²) in [5.41, 5.74) is 0.658. The number of ether oxygens (including phenoxy) is 1. The molecule has 6 nitrogen and oxygen atoms in total. The van der Waals surface area contributed by atoms with Gasteiger partial charge in [0.25, 0.3) is 5.91 Å². The fourth-order valence-electron chi connectivity index (χ4n) is 2.69. The lowest BCUT2D eigenvalue weighted by atomic mass is 10.2. The number of hydrogen-bond donors (Lipinski definition) is 1. The monoisotopic (exact) mass is 422 g/mol. The van der Waals surface area contributed by atoms with Crippen molar-refractivity contribution in [1.82, 2.24) is 5.32 Å². The minimum absolute atomic E-state index is 0.115. The fourth-order valence-corrected chi connectivity index (χ4v) is 3.57. The number of sulfonamides is 1. The molecule has 0 aromatic heterocycles. The molecule has 0 aliphatic carbocycles. The van der Waals surface area contributed by atoms with Gasteiger partial charge in [0, 0.05) is 12.1 Å². The molecule has 0 atom stereocenters. The Bertz CT molecular complexity index is 901. The van der Waals surface area contributed by atoms with Gasteiger partial charge in [-0.3, -0.25) is 9.10 Å². The molecule has 0 spiro atoms. The van der Waals surface area contributed by atoms with Crippen molar-refractivity contribution in [1.29, 1.82) is 0 Å². The van der Waals surface area contributed by atoms with Gasteiger partial charge in [0.15, 0.2) is 6.61 Å². The van der Waals surface area contributed by atoms with Crippen LogP contribution in [0.15, 0.2) is 48.5 Å². The van der Waals surface area contributed by atoms with Crippen molar-refractivity contribution >= 4 is 21.6 Å². The Morgan fingerprint density at radius 3 is 2.41 bits per heavy atom. The second-order valence-corrected chi connectivity index (χ2v) is 8.61. The fraction of sp³-hybridized carbons (Fsp3) is 0.381. The van der Waals surface area contributed by atoms with Gasteiger partial charge in [-0.1, -0.05) is 38.0 Å². The van der Waals surface area contributed by atoms with Crippen molar-refractivity contribution < 1.29 is 22.3 Å². The van der Waals surface area contributed by atoms with Gasteiger partial charge in [-0.15, -0.1) is 0 Å². The number of carbonyl (C=O) groups excluding carboxylic acids is 1. The Morgan fingerprint density at radius 2 is 1.79 bits per heavy atom. The Hall–Kier alpha value is -2.61. The van der Waals surface area contributed by atoms with Crippen molar-refractivity contribution in [2.45, 2.75) is 32.7 Å². The minimum atomic E-state index is -3.62. The summed E-state index contributed by atoms with van der Waals surface area (Å²) >= 11 is 0. The van der Waals surface area contributed by atoms with Crippen LogP contribution in [0.3, 0.4) is 0 Å². The molecule has 2 aromatic carbocycles. The van der Waals surface area contributed by atoms with E-state index < -0.39 is 15.8 Å². The van der Waals surface area contributed by atoms with Crippen LogP contribution in [-0.2, 0) is 21.4 Å². The molecule has 29 heavy (non-hydrogen) atoms. The van der Waals surface area contributed by atoms with Crippen molar-refractivity contribution in [3.63, 3.8) is 0 Å². The van der Waals surface area contributed by atoms with E-state index in [0.29, 0.717) is 18.0 Å². The molecule has 0 unspecified atom stereocenters. The summed E-state index contributed by atoms with van der Waals surface area (Å²) < 4.78 is 44.9. The molecule has 0 heterocycles. The molecule has 1 amide bonds. The molecule has 0 aliphatic heterocycles. The van der Waals surface area contributed by atoms with Gasteiger partial charge < -0.3 is 10.1 Å². The van der Waals surface area contributed by atoms with Gasteiger partial charge in [0.05, 0.1) is 18.5 Å². The molecule has 2 aromatic rings. The largest absolute Gasteiger partial charge is 0.484 e. The number of amides is 1. The van der Waals surface area contributed by atoms with E-state index in [4.69, 9.17) is 4.74 Å². The lowest BCUT2D eigenvalue weighted by molar-refractivity contribution is -0.123. The van der Waals surface area contributed by atoms with E-state index in [1.165, 1.54) is 6.07 Å². The van der Waals surface area contributed by atoms with Crippen LogP contribution in [-0.4, -0.2) is 33.7 Å². The van der Waals surface area contributed by atoms with Crippen LogP contribution in [0.4, 0.5) is 10.1 Å². The Labute approximate surface area is 171 Å². The molecule has 0 fully saturated rings. The van der Waals surface area contributed by atoms with Gasteiger partial charge in [-0.25, -0.2) is 12.8 Å². The molecule has 0 saturated heterocycles. The van der Waals surface area contributed by atoms with Crippen LogP contribution in [0.2, 0.25) is 0 Å². The van der Waals surface area contributed by atoms with Gasteiger partial charge in [-0.05, 0) is 36.8 Å². The van der Waals surface area contributed by atoms with Crippen LogP contribution in [0.1, 0.15) is 31.7 Å². The number of benzene rings is 2.